The fraction of sp³-hybridized carbons (Fsp3) is 0.231. The van der Waals surface area contributed by atoms with Gasteiger partial charge in [-0.25, -0.2) is 14.6 Å². The van der Waals surface area contributed by atoms with Gasteiger partial charge < -0.3 is 14.9 Å². The number of nitrogens with zero attached hydrogens (tertiary/aromatic N) is 3. The zero-order chi connectivity index (χ0) is 24.1. The van der Waals surface area contributed by atoms with Crippen LogP contribution in [-0.2, 0) is 4.74 Å². The lowest BCUT2D eigenvalue weighted by Gasteiger charge is -2.15. The second-order valence-corrected chi connectivity index (χ2v) is 8.11. The Morgan fingerprint density at radius 1 is 1.06 bits per heavy atom. The molecular weight excluding hydrogens is 432 g/mol. The molecule has 0 saturated carbocycles. The predicted molar refractivity (Wildman–Crippen MR) is 131 cm³/mol. The van der Waals surface area contributed by atoms with Gasteiger partial charge in [-0.2, -0.15) is 4.98 Å². The van der Waals surface area contributed by atoms with Gasteiger partial charge in [0.15, 0.2) is 5.65 Å². The Morgan fingerprint density at radius 3 is 2.59 bits per heavy atom. The van der Waals surface area contributed by atoms with E-state index in [9.17, 15) is 9.59 Å². The highest BCUT2D eigenvalue weighted by atomic mass is 16.7. The average Bonchev–Trinajstić information content (AvgIpc) is 2.84. The summed E-state index contributed by atoms with van der Waals surface area (Å²) in [6.45, 7) is 6.46. The zero-order valence-corrected chi connectivity index (χ0v) is 19.3. The third-order valence-corrected chi connectivity index (χ3v) is 4.98. The number of aromatic nitrogens is 3. The van der Waals surface area contributed by atoms with E-state index >= 15 is 0 Å². The molecule has 2 aromatic carbocycles. The van der Waals surface area contributed by atoms with Gasteiger partial charge >= 0.3 is 11.7 Å². The second kappa shape index (κ2) is 10.2. The molecule has 0 aliphatic carbocycles. The van der Waals surface area contributed by atoms with Crippen molar-refractivity contribution in [2.45, 2.75) is 20.8 Å². The molecule has 174 valence electrons. The van der Waals surface area contributed by atoms with E-state index in [0.717, 1.165) is 21.5 Å². The first kappa shape index (κ1) is 23.0. The molecule has 8 nitrogen and oxygen atoms in total. The first-order chi connectivity index (χ1) is 16.5. The number of pyridine rings is 1. The van der Waals surface area contributed by atoms with Gasteiger partial charge in [-0.1, -0.05) is 38.1 Å². The highest BCUT2D eigenvalue weighted by molar-refractivity contribution is 5.91. The van der Waals surface area contributed by atoms with Crippen LogP contribution in [0.25, 0.3) is 22.2 Å². The Bertz CT molecular complexity index is 1380. The van der Waals surface area contributed by atoms with Crippen LogP contribution in [0.3, 0.4) is 0 Å². The van der Waals surface area contributed by atoms with Crippen LogP contribution < -0.4 is 15.8 Å². The minimum Gasteiger partial charge on any atom is -0.462 e. The Labute approximate surface area is 197 Å². The van der Waals surface area contributed by atoms with E-state index in [1.807, 2.05) is 56.3 Å². The lowest BCUT2D eigenvalue weighted by Crippen LogP contribution is -2.32. The number of hydrogen-bond acceptors (Lipinski definition) is 7. The van der Waals surface area contributed by atoms with Crippen LogP contribution in [0.1, 0.15) is 31.1 Å². The molecule has 34 heavy (non-hydrogen) atoms. The van der Waals surface area contributed by atoms with Gasteiger partial charge in [0.1, 0.15) is 12.4 Å². The number of anilines is 2. The number of benzene rings is 2. The molecular formula is C26H26N4O4. The van der Waals surface area contributed by atoms with Crippen molar-refractivity contribution < 1.29 is 14.4 Å². The maximum Gasteiger partial charge on any atom is 0.384 e. The lowest BCUT2D eigenvalue weighted by atomic mass is 10.0. The molecule has 0 spiro atoms. The normalized spacial score (nSPS) is 10.9. The fourth-order valence-electron chi connectivity index (χ4n) is 3.42. The van der Waals surface area contributed by atoms with E-state index < -0.39 is 5.69 Å². The summed E-state index contributed by atoms with van der Waals surface area (Å²) in [5.41, 5.74) is 2.83. The number of carbonyl (C=O) groups is 1. The third-order valence-electron chi connectivity index (χ3n) is 4.98. The fourth-order valence-corrected chi connectivity index (χ4v) is 3.42. The van der Waals surface area contributed by atoms with Crippen molar-refractivity contribution in [1.82, 2.24) is 14.7 Å². The zero-order valence-electron chi connectivity index (χ0n) is 19.3. The van der Waals surface area contributed by atoms with Crippen LogP contribution in [-0.4, -0.2) is 33.9 Å². The number of hydrogen-bond donors (Lipinski definition) is 1. The molecule has 0 bridgehead atoms. The standard InChI is InChI=1S/C26H26N4O4/c1-4-33-25(31)20-10-5-8-18(14-20)19-9-6-11-21(15-19)28-23-22-12-7-13-27-24(22)30(26(32)29-23)34-16-17(2)3/h5-15,17H,4,16H2,1-3H3,(H,28,29,32). The van der Waals surface area contributed by atoms with Gasteiger partial charge in [0.25, 0.3) is 0 Å². The summed E-state index contributed by atoms with van der Waals surface area (Å²) in [6.07, 6.45) is 1.61. The maximum absolute atomic E-state index is 12.7. The molecule has 0 radical (unpaired) electrons. The van der Waals surface area contributed by atoms with E-state index in [2.05, 4.69) is 15.3 Å². The summed E-state index contributed by atoms with van der Waals surface area (Å²) in [5.74, 6) is 0.269. The molecule has 2 heterocycles. The van der Waals surface area contributed by atoms with Gasteiger partial charge in [-0.15, -0.1) is 4.73 Å². The molecule has 2 aromatic heterocycles. The number of rotatable bonds is 8. The quantitative estimate of drug-likeness (QED) is 0.389. The number of fused-ring (bicyclic) bond motifs is 1. The van der Waals surface area contributed by atoms with Crippen LogP contribution in [0.15, 0.2) is 71.7 Å². The maximum atomic E-state index is 12.7. The first-order valence-electron chi connectivity index (χ1n) is 11.1. The van der Waals surface area contributed by atoms with Crippen LogP contribution in [0.5, 0.6) is 0 Å². The minimum atomic E-state index is -0.548. The van der Waals surface area contributed by atoms with Crippen molar-refractivity contribution in [1.29, 1.82) is 0 Å². The van der Waals surface area contributed by atoms with E-state index in [0.29, 0.717) is 35.6 Å². The highest BCUT2D eigenvalue weighted by Gasteiger charge is 2.14. The molecule has 0 aliphatic heterocycles. The molecule has 4 rings (SSSR count). The molecule has 0 aliphatic rings. The third kappa shape index (κ3) is 5.06. The van der Waals surface area contributed by atoms with Crippen LogP contribution >= 0.6 is 0 Å². The number of ether oxygens (including phenoxy) is 1. The van der Waals surface area contributed by atoms with E-state index in [1.165, 1.54) is 0 Å². The monoisotopic (exact) mass is 458 g/mol. The molecule has 0 atom stereocenters. The number of carbonyl (C=O) groups excluding carboxylic acids is 1. The van der Waals surface area contributed by atoms with Crippen molar-refractivity contribution in [3.05, 3.63) is 82.9 Å². The number of nitrogens with one attached hydrogen (secondary N) is 1. The van der Waals surface area contributed by atoms with E-state index in [4.69, 9.17) is 9.57 Å². The summed E-state index contributed by atoms with van der Waals surface area (Å²) in [6, 6.07) is 18.5. The van der Waals surface area contributed by atoms with Crippen molar-refractivity contribution in [2.24, 2.45) is 5.92 Å². The Kier molecular flexibility index (Phi) is 6.87. The Morgan fingerprint density at radius 2 is 1.82 bits per heavy atom. The van der Waals surface area contributed by atoms with Crippen molar-refractivity contribution >= 4 is 28.5 Å². The Hall–Kier alpha value is -4.20. The minimum absolute atomic E-state index is 0.244. The topological polar surface area (TPSA) is 95.3 Å². The average molecular weight is 459 g/mol. The summed E-state index contributed by atoms with van der Waals surface area (Å²) in [4.78, 5) is 39.0. The molecule has 0 fully saturated rings. The molecule has 1 N–H and O–H groups in total. The molecule has 4 aromatic rings. The van der Waals surface area contributed by atoms with Crippen LogP contribution in [0, 0.1) is 5.92 Å². The smallest absolute Gasteiger partial charge is 0.384 e. The summed E-state index contributed by atoms with van der Waals surface area (Å²) >= 11 is 0. The SMILES string of the molecule is CCOC(=O)c1cccc(-c2cccc(Nc3nc(=O)n(OCC(C)C)c4ncccc34)c2)c1. The lowest BCUT2D eigenvalue weighted by molar-refractivity contribution is 0.0526. The Balaban J connectivity index is 1.67. The van der Waals surface area contributed by atoms with Gasteiger partial charge in [0.2, 0.25) is 0 Å². The van der Waals surface area contributed by atoms with Crippen molar-refractivity contribution in [3.63, 3.8) is 0 Å². The van der Waals surface area contributed by atoms with Gasteiger partial charge in [-0.05, 0) is 60.4 Å². The summed E-state index contributed by atoms with van der Waals surface area (Å²) < 4.78 is 6.24. The van der Waals surface area contributed by atoms with Gasteiger partial charge in [0.05, 0.1) is 17.6 Å². The van der Waals surface area contributed by atoms with Crippen molar-refractivity contribution in [3.8, 4) is 11.1 Å². The largest absolute Gasteiger partial charge is 0.462 e. The van der Waals surface area contributed by atoms with Gasteiger partial charge in [0, 0.05) is 11.9 Å². The van der Waals surface area contributed by atoms with Crippen LogP contribution in [0.2, 0.25) is 0 Å². The van der Waals surface area contributed by atoms with E-state index in [-0.39, 0.29) is 11.9 Å². The predicted octanol–water partition coefficient (Wildman–Crippen LogP) is 4.46. The number of esters is 1. The molecule has 0 amide bonds. The summed E-state index contributed by atoms with van der Waals surface area (Å²) in [7, 11) is 0. The molecule has 8 heteroatoms. The van der Waals surface area contributed by atoms with E-state index in [1.54, 1.807) is 31.3 Å². The molecule has 0 unspecified atom stereocenters. The van der Waals surface area contributed by atoms with Crippen LogP contribution in [0.4, 0.5) is 11.5 Å². The first-order valence-corrected chi connectivity index (χ1v) is 11.1. The van der Waals surface area contributed by atoms with Crippen molar-refractivity contribution in [2.75, 3.05) is 18.5 Å². The molecule has 0 saturated heterocycles. The highest BCUT2D eigenvalue weighted by Crippen LogP contribution is 2.27. The summed E-state index contributed by atoms with van der Waals surface area (Å²) in [5, 5.41) is 3.89. The second-order valence-electron chi connectivity index (χ2n) is 8.11. The van der Waals surface area contributed by atoms with Gasteiger partial charge in [-0.3, -0.25) is 0 Å².